The number of guanidine groups is 1. The standard InChI is InChI=1S/C15H25N5O2.HI/c1-15(2,3)22-14(21)19-10-9-18-13(16-4)20-11-12-7-5-6-8-17-12;/h5-8H,9-11H2,1-4H3,(H,19,21)(H2,16,18,20);1H. The van der Waals surface area contributed by atoms with Gasteiger partial charge in [-0.15, -0.1) is 24.0 Å². The Kier molecular flexibility index (Phi) is 10.3. The molecule has 0 bridgehead atoms. The van der Waals surface area contributed by atoms with Gasteiger partial charge in [0.25, 0.3) is 0 Å². The molecule has 0 saturated carbocycles. The van der Waals surface area contributed by atoms with Crippen molar-refractivity contribution in [3.63, 3.8) is 0 Å². The van der Waals surface area contributed by atoms with Crippen LogP contribution in [0.1, 0.15) is 26.5 Å². The molecule has 0 aliphatic heterocycles. The van der Waals surface area contributed by atoms with Crippen LogP contribution in [0.25, 0.3) is 0 Å². The summed E-state index contributed by atoms with van der Waals surface area (Å²) in [5, 5.41) is 8.92. The Balaban J connectivity index is 0.00000484. The maximum atomic E-state index is 11.5. The molecule has 0 saturated heterocycles. The number of aromatic nitrogens is 1. The molecule has 1 rings (SSSR count). The van der Waals surface area contributed by atoms with Crippen molar-refractivity contribution in [1.82, 2.24) is 20.9 Å². The third-order valence-electron chi connectivity index (χ3n) is 2.47. The van der Waals surface area contributed by atoms with Gasteiger partial charge in [-0.3, -0.25) is 9.98 Å². The molecule has 1 amide bonds. The highest BCUT2D eigenvalue weighted by molar-refractivity contribution is 14.0. The van der Waals surface area contributed by atoms with E-state index < -0.39 is 11.7 Å². The second-order valence-electron chi connectivity index (χ2n) is 5.60. The van der Waals surface area contributed by atoms with Crippen LogP contribution < -0.4 is 16.0 Å². The highest BCUT2D eigenvalue weighted by Gasteiger charge is 2.15. The summed E-state index contributed by atoms with van der Waals surface area (Å²) >= 11 is 0. The fourth-order valence-corrected chi connectivity index (χ4v) is 1.56. The number of nitrogens with one attached hydrogen (secondary N) is 3. The smallest absolute Gasteiger partial charge is 0.407 e. The number of rotatable bonds is 5. The van der Waals surface area contributed by atoms with Gasteiger partial charge in [0.2, 0.25) is 0 Å². The number of hydrogen-bond donors (Lipinski definition) is 3. The predicted molar refractivity (Wildman–Crippen MR) is 102 cm³/mol. The average molecular weight is 435 g/mol. The summed E-state index contributed by atoms with van der Waals surface area (Å²) in [4.78, 5) is 19.8. The minimum atomic E-state index is -0.488. The molecular weight excluding hydrogens is 409 g/mol. The topological polar surface area (TPSA) is 87.6 Å². The second-order valence-corrected chi connectivity index (χ2v) is 5.60. The number of ether oxygens (including phenoxy) is 1. The zero-order valence-electron chi connectivity index (χ0n) is 14.0. The first-order valence-electron chi connectivity index (χ1n) is 7.22. The average Bonchev–Trinajstić information content (AvgIpc) is 2.46. The van der Waals surface area contributed by atoms with E-state index in [1.807, 2.05) is 39.0 Å². The third-order valence-corrected chi connectivity index (χ3v) is 2.47. The van der Waals surface area contributed by atoms with Crippen molar-refractivity contribution < 1.29 is 9.53 Å². The van der Waals surface area contributed by atoms with Crippen LogP contribution in [0.2, 0.25) is 0 Å². The highest BCUT2D eigenvalue weighted by atomic mass is 127. The number of nitrogens with zero attached hydrogens (tertiary/aromatic N) is 2. The van der Waals surface area contributed by atoms with Gasteiger partial charge >= 0.3 is 6.09 Å². The summed E-state index contributed by atoms with van der Waals surface area (Å²) in [6.45, 7) is 7.05. The van der Waals surface area contributed by atoms with E-state index in [0.717, 1.165) is 5.69 Å². The Hall–Kier alpha value is -1.58. The van der Waals surface area contributed by atoms with Crippen molar-refractivity contribution in [3.05, 3.63) is 30.1 Å². The van der Waals surface area contributed by atoms with Crippen LogP contribution in [0, 0.1) is 0 Å². The summed E-state index contributed by atoms with van der Waals surface area (Å²) in [5.74, 6) is 0.650. The molecule has 1 aromatic rings. The van der Waals surface area contributed by atoms with E-state index in [1.165, 1.54) is 0 Å². The largest absolute Gasteiger partial charge is 0.444 e. The van der Waals surface area contributed by atoms with Gasteiger partial charge in [-0.1, -0.05) is 6.07 Å². The van der Waals surface area contributed by atoms with E-state index in [-0.39, 0.29) is 24.0 Å². The second kappa shape index (κ2) is 11.0. The Morgan fingerprint density at radius 1 is 1.22 bits per heavy atom. The summed E-state index contributed by atoms with van der Waals surface area (Å²) in [7, 11) is 1.69. The summed E-state index contributed by atoms with van der Waals surface area (Å²) < 4.78 is 5.14. The molecule has 8 heteroatoms. The number of carbonyl (C=O) groups excluding carboxylic acids is 1. The zero-order valence-corrected chi connectivity index (χ0v) is 16.4. The van der Waals surface area contributed by atoms with Crippen molar-refractivity contribution in [1.29, 1.82) is 0 Å². The van der Waals surface area contributed by atoms with Crippen molar-refractivity contribution in [2.75, 3.05) is 20.1 Å². The van der Waals surface area contributed by atoms with Crippen LogP contribution >= 0.6 is 24.0 Å². The van der Waals surface area contributed by atoms with Crippen LogP contribution in [-0.2, 0) is 11.3 Å². The Bertz CT molecular complexity index is 488. The lowest BCUT2D eigenvalue weighted by atomic mass is 10.2. The lowest BCUT2D eigenvalue weighted by molar-refractivity contribution is 0.0529. The van der Waals surface area contributed by atoms with Gasteiger partial charge in [-0.05, 0) is 32.9 Å². The minimum absolute atomic E-state index is 0. The molecular formula is C15H26IN5O2. The van der Waals surface area contributed by atoms with Crippen molar-refractivity contribution >= 4 is 36.0 Å². The molecule has 0 fully saturated rings. The molecule has 0 unspecified atom stereocenters. The summed E-state index contributed by atoms with van der Waals surface area (Å²) in [5.41, 5.74) is 0.440. The lowest BCUT2D eigenvalue weighted by Gasteiger charge is -2.19. The monoisotopic (exact) mass is 435 g/mol. The molecule has 1 heterocycles. The van der Waals surface area contributed by atoms with Crippen LogP contribution in [0.3, 0.4) is 0 Å². The quantitative estimate of drug-likeness (QED) is 0.285. The van der Waals surface area contributed by atoms with Gasteiger partial charge in [0.15, 0.2) is 5.96 Å². The van der Waals surface area contributed by atoms with Gasteiger partial charge in [0.05, 0.1) is 12.2 Å². The third kappa shape index (κ3) is 10.7. The normalized spacial score (nSPS) is 11.2. The van der Waals surface area contributed by atoms with Crippen LogP contribution in [0.5, 0.6) is 0 Å². The van der Waals surface area contributed by atoms with Crippen molar-refractivity contribution in [2.24, 2.45) is 4.99 Å². The number of aliphatic imine (C=N–C) groups is 1. The molecule has 0 spiro atoms. The molecule has 7 nitrogen and oxygen atoms in total. The van der Waals surface area contributed by atoms with Crippen molar-refractivity contribution in [3.8, 4) is 0 Å². The molecule has 23 heavy (non-hydrogen) atoms. The molecule has 0 aromatic carbocycles. The van der Waals surface area contributed by atoms with E-state index in [2.05, 4.69) is 25.9 Å². The number of hydrogen-bond acceptors (Lipinski definition) is 4. The molecule has 0 atom stereocenters. The molecule has 3 N–H and O–H groups in total. The predicted octanol–water partition coefficient (Wildman–Crippen LogP) is 1.89. The van der Waals surface area contributed by atoms with E-state index in [9.17, 15) is 4.79 Å². The van der Waals surface area contributed by atoms with E-state index in [1.54, 1.807) is 13.2 Å². The van der Waals surface area contributed by atoms with Gasteiger partial charge < -0.3 is 20.7 Å². The summed E-state index contributed by atoms with van der Waals surface area (Å²) in [6.07, 6.45) is 1.32. The first-order valence-corrected chi connectivity index (χ1v) is 7.22. The van der Waals surface area contributed by atoms with Gasteiger partial charge in [-0.2, -0.15) is 0 Å². The molecule has 130 valence electrons. The number of alkyl carbamates (subject to hydrolysis) is 1. The van der Waals surface area contributed by atoms with Gasteiger partial charge in [0, 0.05) is 26.3 Å². The number of halogens is 1. The lowest BCUT2D eigenvalue weighted by Crippen LogP contribution is -2.42. The maximum absolute atomic E-state index is 11.5. The van der Waals surface area contributed by atoms with Crippen molar-refractivity contribution in [2.45, 2.75) is 32.9 Å². The van der Waals surface area contributed by atoms with E-state index >= 15 is 0 Å². The van der Waals surface area contributed by atoms with Crippen LogP contribution in [-0.4, -0.2) is 42.8 Å². The molecule has 0 aliphatic carbocycles. The fraction of sp³-hybridized carbons (Fsp3) is 0.533. The Labute approximate surface area is 154 Å². The molecule has 1 aromatic heterocycles. The number of amides is 1. The summed E-state index contributed by atoms with van der Waals surface area (Å²) in [6, 6.07) is 5.74. The first-order chi connectivity index (χ1) is 10.4. The van der Waals surface area contributed by atoms with Gasteiger partial charge in [-0.25, -0.2) is 4.79 Å². The minimum Gasteiger partial charge on any atom is -0.444 e. The SMILES string of the molecule is CN=C(NCCNC(=O)OC(C)(C)C)NCc1ccccn1.I. The fourth-order valence-electron chi connectivity index (χ4n) is 1.56. The molecule has 0 aliphatic rings. The number of pyridine rings is 1. The van der Waals surface area contributed by atoms with E-state index in [0.29, 0.717) is 25.6 Å². The Morgan fingerprint density at radius 2 is 1.91 bits per heavy atom. The Morgan fingerprint density at radius 3 is 2.48 bits per heavy atom. The van der Waals surface area contributed by atoms with Crippen LogP contribution in [0.15, 0.2) is 29.4 Å². The zero-order chi connectivity index (χ0) is 16.4. The first kappa shape index (κ1) is 21.4. The number of carbonyl (C=O) groups is 1. The van der Waals surface area contributed by atoms with E-state index in [4.69, 9.17) is 4.74 Å². The van der Waals surface area contributed by atoms with Gasteiger partial charge in [0.1, 0.15) is 5.60 Å². The maximum Gasteiger partial charge on any atom is 0.407 e. The molecule has 0 radical (unpaired) electrons. The van der Waals surface area contributed by atoms with Crippen LogP contribution in [0.4, 0.5) is 4.79 Å². The highest BCUT2D eigenvalue weighted by Crippen LogP contribution is 2.05.